The third-order valence-corrected chi connectivity index (χ3v) is 4.27. The monoisotopic (exact) mass is 360 g/mol. The molecule has 1 aliphatic rings. The number of carboxylic acids is 1. The molecule has 1 aliphatic heterocycles. The van der Waals surface area contributed by atoms with E-state index in [1.165, 1.54) is 35.2 Å². The van der Waals surface area contributed by atoms with Crippen molar-refractivity contribution in [1.82, 2.24) is 4.90 Å². The van der Waals surface area contributed by atoms with Crippen molar-refractivity contribution in [3.05, 3.63) is 53.7 Å². The summed E-state index contributed by atoms with van der Waals surface area (Å²) in [6.45, 7) is 0.701. The van der Waals surface area contributed by atoms with Crippen molar-refractivity contribution in [1.29, 1.82) is 0 Å². The molecule has 1 aromatic carbocycles. The number of hydrogen-bond acceptors (Lipinski definition) is 4. The molecular formula is C18H17FN2O5. The molecule has 26 heavy (non-hydrogen) atoms. The maximum Gasteiger partial charge on any atom is 0.371 e. The number of nitrogens with zero attached hydrogens (tertiary/aromatic N) is 1. The van der Waals surface area contributed by atoms with Gasteiger partial charge in [-0.25, -0.2) is 9.18 Å². The lowest BCUT2D eigenvalue weighted by molar-refractivity contribution is -0.121. The molecule has 2 amide bonds. The van der Waals surface area contributed by atoms with Gasteiger partial charge in [0.1, 0.15) is 5.82 Å². The number of amides is 2. The van der Waals surface area contributed by atoms with E-state index < -0.39 is 17.7 Å². The molecule has 0 aliphatic carbocycles. The standard InChI is InChI=1S/C18H17FN2O5/c19-12-2-1-3-13(10-12)20-16(22)11-6-8-21(9-7-11)17(23)14-4-5-15(26-14)18(24)25/h1-5,10-11H,6-9H2,(H,20,22)(H,24,25). The van der Waals surface area contributed by atoms with E-state index in [9.17, 15) is 18.8 Å². The van der Waals surface area contributed by atoms with Crippen LogP contribution in [0.15, 0.2) is 40.8 Å². The zero-order chi connectivity index (χ0) is 18.7. The molecule has 2 aromatic rings. The van der Waals surface area contributed by atoms with Crippen molar-refractivity contribution in [2.45, 2.75) is 12.8 Å². The predicted molar refractivity (Wildman–Crippen MR) is 89.3 cm³/mol. The van der Waals surface area contributed by atoms with E-state index in [0.29, 0.717) is 31.6 Å². The number of piperidine rings is 1. The molecule has 2 N–H and O–H groups in total. The van der Waals surface area contributed by atoms with Crippen LogP contribution in [0.5, 0.6) is 0 Å². The first kappa shape index (κ1) is 17.7. The average Bonchev–Trinajstić information content (AvgIpc) is 3.12. The van der Waals surface area contributed by atoms with Crippen LogP contribution in [0.2, 0.25) is 0 Å². The second-order valence-corrected chi connectivity index (χ2v) is 6.04. The molecule has 2 heterocycles. The highest BCUT2D eigenvalue weighted by molar-refractivity contribution is 5.95. The quantitative estimate of drug-likeness (QED) is 0.873. The molecule has 0 saturated carbocycles. The van der Waals surface area contributed by atoms with E-state index in [2.05, 4.69) is 5.32 Å². The van der Waals surface area contributed by atoms with Crippen molar-refractivity contribution in [3.63, 3.8) is 0 Å². The number of rotatable bonds is 4. The van der Waals surface area contributed by atoms with Gasteiger partial charge in [-0.2, -0.15) is 0 Å². The number of carboxylic acid groups (broad SMARTS) is 1. The lowest BCUT2D eigenvalue weighted by atomic mass is 9.95. The van der Waals surface area contributed by atoms with Gasteiger partial charge in [0.25, 0.3) is 5.91 Å². The van der Waals surface area contributed by atoms with Crippen LogP contribution >= 0.6 is 0 Å². The molecule has 0 radical (unpaired) electrons. The molecule has 3 rings (SSSR count). The molecule has 1 saturated heterocycles. The van der Waals surface area contributed by atoms with Gasteiger partial charge in [-0.05, 0) is 43.2 Å². The van der Waals surface area contributed by atoms with Crippen LogP contribution in [0, 0.1) is 11.7 Å². The van der Waals surface area contributed by atoms with Crippen molar-refractivity contribution < 1.29 is 28.3 Å². The molecule has 0 atom stereocenters. The lowest BCUT2D eigenvalue weighted by Crippen LogP contribution is -2.41. The van der Waals surface area contributed by atoms with E-state index in [-0.39, 0.29) is 23.3 Å². The van der Waals surface area contributed by atoms with Gasteiger partial charge in [0.15, 0.2) is 5.76 Å². The maximum absolute atomic E-state index is 13.2. The molecule has 1 fully saturated rings. The molecular weight excluding hydrogens is 343 g/mol. The summed E-state index contributed by atoms with van der Waals surface area (Å²) < 4.78 is 18.2. The van der Waals surface area contributed by atoms with Gasteiger partial charge in [-0.15, -0.1) is 0 Å². The summed E-state index contributed by atoms with van der Waals surface area (Å²) in [7, 11) is 0. The van der Waals surface area contributed by atoms with E-state index in [0.717, 1.165) is 0 Å². The Labute approximate surface area is 148 Å². The zero-order valence-corrected chi connectivity index (χ0v) is 13.8. The Bertz CT molecular complexity index is 840. The number of furan rings is 1. The van der Waals surface area contributed by atoms with Gasteiger partial charge >= 0.3 is 5.97 Å². The third-order valence-electron chi connectivity index (χ3n) is 4.27. The molecule has 0 unspecified atom stereocenters. The highest BCUT2D eigenvalue weighted by Gasteiger charge is 2.29. The van der Waals surface area contributed by atoms with Gasteiger partial charge in [-0.3, -0.25) is 9.59 Å². The molecule has 8 heteroatoms. The second-order valence-electron chi connectivity index (χ2n) is 6.04. The minimum atomic E-state index is -1.24. The van der Waals surface area contributed by atoms with Crippen LogP contribution in [0.25, 0.3) is 0 Å². The summed E-state index contributed by atoms with van der Waals surface area (Å²) in [5.41, 5.74) is 0.394. The Balaban J connectivity index is 1.55. The van der Waals surface area contributed by atoms with Crippen LogP contribution in [0.4, 0.5) is 10.1 Å². The minimum absolute atomic E-state index is 0.0370. The normalized spacial score (nSPS) is 14.9. The summed E-state index contributed by atoms with van der Waals surface area (Å²) in [6.07, 6.45) is 0.915. The van der Waals surface area contributed by atoms with Gasteiger partial charge < -0.3 is 19.7 Å². The minimum Gasteiger partial charge on any atom is -0.475 e. The fourth-order valence-electron chi connectivity index (χ4n) is 2.88. The van der Waals surface area contributed by atoms with Crippen LogP contribution in [-0.4, -0.2) is 40.9 Å². The van der Waals surface area contributed by atoms with Crippen molar-refractivity contribution in [3.8, 4) is 0 Å². The number of carbonyl (C=O) groups is 3. The number of anilines is 1. The highest BCUT2D eigenvalue weighted by Crippen LogP contribution is 2.22. The Hall–Kier alpha value is -3.16. The number of aromatic carboxylic acids is 1. The van der Waals surface area contributed by atoms with Crippen LogP contribution < -0.4 is 5.32 Å². The number of carbonyl (C=O) groups excluding carboxylic acids is 2. The van der Waals surface area contributed by atoms with E-state index in [4.69, 9.17) is 9.52 Å². The van der Waals surface area contributed by atoms with Gasteiger partial charge in [-0.1, -0.05) is 6.07 Å². The predicted octanol–water partition coefficient (Wildman–Crippen LogP) is 2.61. The first-order valence-corrected chi connectivity index (χ1v) is 8.13. The Morgan fingerprint density at radius 3 is 2.42 bits per heavy atom. The van der Waals surface area contributed by atoms with E-state index in [1.807, 2.05) is 0 Å². The topological polar surface area (TPSA) is 99.9 Å². The molecule has 0 bridgehead atoms. The van der Waals surface area contributed by atoms with E-state index in [1.54, 1.807) is 6.07 Å². The molecule has 136 valence electrons. The molecule has 1 aromatic heterocycles. The van der Waals surface area contributed by atoms with Gasteiger partial charge in [0.2, 0.25) is 11.7 Å². The number of likely N-dealkylation sites (tertiary alicyclic amines) is 1. The van der Waals surface area contributed by atoms with Gasteiger partial charge in [0.05, 0.1) is 0 Å². The third kappa shape index (κ3) is 3.90. The first-order chi connectivity index (χ1) is 12.4. The number of nitrogens with one attached hydrogen (secondary N) is 1. The molecule has 0 spiro atoms. The maximum atomic E-state index is 13.2. The number of halogens is 1. The Morgan fingerprint density at radius 1 is 1.12 bits per heavy atom. The fourth-order valence-corrected chi connectivity index (χ4v) is 2.88. The zero-order valence-electron chi connectivity index (χ0n) is 13.8. The number of benzene rings is 1. The molecule has 7 nitrogen and oxygen atoms in total. The van der Waals surface area contributed by atoms with Gasteiger partial charge in [0, 0.05) is 24.7 Å². The summed E-state index contributed by atoms with van der Waals surface area (Å²) >= 11 is 0. The number of hydrogen-bond donors (Lipinski definition) is 2. The fraction of sp³-hybridized carbons (Fsp3) is 0.278. The summed E-state index contributed by atoms with van der Waals surface area (Å²) in [5.74, 6) is -2.90. The SMILES string of the molecule is O=C(O)c1ccc(C(=O)N2CCC(C(=O)Nc3cccc(F)c3)CC2)o1. The van der Waals surface area contributed by atoms with Crippen LogP contribution in [-0.2, 0) is 4.79 Å². The van der Waals surface area contributed by atoms with Crippen LogP contribution in [0.1, 0.15) is 34.0 Å². The average molecular weight is 360 g/mol. The first-order valence-electron chi connectivity index (χ1n) is 8.13. The Morgan fingerprint density at radius 2 is 1.81 bits per heavy atom. The highest BCUT2D eigenvalue weighted by atomic mass is 19.1. The summed E-state index contributed by atoms with van der Waals surface area (Å²) in [5, 5.41) is 11.5. The van der Waals surface area contributed by atoms with Crippen molar-refractivity contribution >= 4 is 23.5 Å². The lowest BCUT2D eigenvalue weighted by Gasteiger charge is -2.30. The van der Waals surface area contributed by atoms with Crippen molar-refractivity contribution in [2.24, 2.45) is 5.92 Å². The smallest absolute Gasteiger partial charge is 0.371 e. The largest absolute Gasteiger partial charge is 0.475 e. The van der Waals surface area contributed by atoms with Crippen LogP contribution in [0.3, 0.4) is 0 Å². The van der Waals surface area contributed by atoms with Crippen molar-refractivity contribution in [2.75, 3.05) is 18.4 Å². The van der Waals surface area contributed by atoms with E-state index >= 15 is 0 Å². The second kappa shape index (κ2) is 7.38. The summed E-state index contributed by atoms with van der Waals surface area (Å²) in [4.78, 5) is 37.0. The summed E-state index contributed by atoms with van der Waals surface area (Å²) in [6, 6.07) is 8.22. The Kier molecular flexibility index (Phi) is 5.01.